The summed E-state index contributed by atoms with van der Waals surface area (Å²) in [7, 11) is 0. The van der Waals surface area contributed by atoms with E-state index in [0.29, 0.717) is 6.54 Å². The molecule has 0 saturated heterocycles. The second-order valence-electron chi connectivity index (χ2n) is 8.76. The molecule has 0 fully saturated rings. The molecule has 0 aromatic heterocycles. The zero-order chi connectivity index (χ0) is 24.3. The first-order chi connectivity index (χ1) is 16.5. The second kappa shape index (κ2) is 12.6. The molecule has 0 radical (unpaired) electrons. The second-order valence-corrected chi connectivity index (χ2v) is 8.76. The highest BCUT2D eigenvalue weighted by atomic mass is 16.4. The van der Waals surface area contributed by atoms with Crippen molar-refractivity contribution in [2.24, 2.45) is 5.92 Å². The minimum Gasteiger partial charge on any atom is -0.478 e. The lowest BCUT2D eigenvalue weighted by atomic mass is 10.0. The van der Waals surface area contributed by atoms with Gasteiger partial charge < -0.3 is 15.7 Å². The fraction of sp³-hybridized carbons (Fsp3) is 0.310. The molecule has 0 aliphatic carbocycles. The van der Waals surface area contributed by atoms with E-state index in [2.05, 4.69) is 29.7 Å². The Bertz CT molecular complexity index is 1090. The van der Waals surface area contributed by atoms with E-state index < -0.39 is 5.97 Å². The number of unbranched alkanes of at least 4 members (excludes halogenated alkanes) is 3. The molecule has 178 valence electrons. The number of carboxylic acid groups (broad SMARTS) is 1. The molecule has 1 atom stereocenters. The Morgan fingerprint density at radius 3 is 2.35 bits per heavy atom. The van der Waals surface area contributed by atoms with E-state index >= 15 is 0 Å². The largest absolute Gasteiger partial charge is 0.478 e. The molecule has 3 aromatic rings. The highest BCUT2D eigenvalue weighted by Crippen LogP contribution is 2.25. The van der Waals surface area contributed by atoms with Crippen molar-refractivity contribution in [3.05, 3.63) is 83.9 Å². The lowest BCUT2D eigenvalue weighted by molar-refractivity contribution is -0.124. The predicted octanol–water partition coefficient (Wildman–Crippen LogP) is 7.02. The van der Waals surface area contributed by atoms with Crippen LogP contribution in [0.4, 0.5) is 11.4 Å². The van der Waals surface area contributed by atoms with Crippen molar-refractivity contribution < 1.29 is 14.7 Å². The summed E-state index contributed by atoms with van der Waals surface area (Å²) < 4.78 is 0. The zero-order valence-electron chi connectivity index (χ0n) is 20.0. The summed E-state index contributed by atoms with van der Waals surface area (Å²) in [6, 6.07) is 22.9. The van der Waals surface area contributed by atoms with E-state index in [9.17, 15) is 9.59 Å². The molecule has 5 heteroatoms. The summed E-state index contributed by atoms with van der Waals surface area (Å²) in [4.78, 5) is 23.6. The Morgan fingerprint density at radius 2 is 1.62 bits per heavy atom. The molecule has 5 nitrogen and oxygen atoms in total. The minimum atomic E-state index is -0.948. The van der Waals surface area contributed by atoms with Crippen LogP contribution >= 0.6 is 0 Å². The van der Waals surface area contributed by atoms with Crippen LogP contribution in [0.25, 0.3) is 11.1 Å². The number of carboxylic acids is 1. The van der Waals surface area contributed by atoms with Crippen LogP contribution in [-0.4, -0.2) is 17.0 Å². The fourth-order valence-corrected chi connectivity index (χ4v) is 3.88. The van der Waals surface area contributed by atoms with Crippen molar-refractivity contribution in [3.63, 3.8) is 0 Å². The van der Waals surface area contributed by atoms with Gasteiger partial charge in [0.05, 0.1) is 5.56 Å². The molecule has 0 aliphatic rings. The maximum Gasteiger partial charge on any atom is 0.335 e. The van der Waals surface area contributed by atoms with Crippen LogP contribution in [0.5, 0.6) is 0 Å². The molecule has 1 unspecified atom stereocenters. The first-order valence-electron chi connectivity index (χ1n) is 12.0. The first kappa shape index (κ1) is 25.0. The SMILES string of the molecule is CCCCCCC(C)C(=O)NCc1cccc(-c2ccc(Nc3cccc(C(=O)O)c3)cc2)c1. The van der Waals surface area contributed by atoms with Crippen molar-refractivity contribution >= 4 is 23.3 Å². The van der Waals surface area contributed by atoms with E-state index in [1.807, 2.05) is 49.4 Å². The van der Waals surface area contributed by atoms with Gasteiger partial charge in [-0.3, -0.25) is 4.79 Å². The Labute approximate surface area is 202 Å². The van der Waals surface area contributed by atoms with Crippen LogP contribution in [0.15, 0.2) is 72.8 Å². The van der Waals surface area contributed by atoms with Crippen LogP contribution in [0.1, 0.15) is 61.9 Å². The number of amides is 1. The third-order valence-corrected chi connectivity index (χ3v) is 5.95. The number of hydrogen-bond donors (Lipinski definition) is 3. The van der Waals surface area contributed by atoms with Crippen LogP contribution < -0.4 is 10.6 Å². The van der Waals surface area contributed by atoms with E-state index in [0.717, 1.165) is 40.9 Å². The lowest BCUT2D eigenvalue weighted by Crippen LogP contribution is -2.28. The molecule has 3 rings (SSSR count). The van der Waals surface area contributed by atoms with Crippen LogP contribution in [0.3, 0.4) is 0 Å². The lowest BCUT2D eigenvalue weighted by Gasteiger charge is -2.13. The van der Waals surface area contributed by atoms with E-state index in [1.54, 1.807) is 18.2 Å². The third-order valence-electron chi connectivity index (χ3n) is 5.95. The normalized spacial score (nSPS) is 11.6. The van der Waals surface area contributed by atoms with Crippen LogP contribution in [0, 0.1) is 5.92 Å². The monoisotopic (exact) mass is 458 g/mol. The quantitative estimate of drug-likeness (QED) is 0.255. The molecular formula is C29H34N2O3. The average Bonchev–Trinajstić information content (AvgIpc) is 2.86. The first-order valence-corrected chi connectivity index (χ1v) is 12.0. The number of carbonyl (C=O) groups is 2. The van der Waals surface area contributed by atoms with Gasteiger partial charge in [-0.2, -0.15) is 0 Å². The van der Waals surface area contributed by atoms with Gasteiger partial charge >= 0.3 is 5.97 Å². The number of aromatic carboxylic acids is 1. The topological polar surface area (TPSA) is 78.4 Å². The van der Waals surface area contributed by atoms with Gasteiger partial charge in [0.15, 0.2) is 0 Å². The molecule has 3 N–H and O–H groups in total. The van der Waals surface area contributed by atoms with Gasteiger partial charge in [-0.25, -0.2) is 4.79 Å². The zero-order valence-corrected chi connectivity index (χ0v) is 20.0. The van der Waals surface area contributed by atoms with Gasteiger partial charge in [-0.05, 0) is 59.5 Å². The number of hydrogen-bond acceptors (Lipinski definition) is 3. The summed E-state index contributed by atoms with van der Waals surface area (Å²) in [5.74, 6) is -0.794. The molecule has 0 spiro atoms. The molecule has 0 aliphatic heterocycles. The molecule has 1 amide bonds. The van der Waals surface area contributed by atoms with Gasteiger partial charge in [0.25, 0.3) is 0 Å². The van der Waals surface area contributed by atoms with Gasteiger partial charge in [-0.15, -0.1) is 0 Å². The Hall–Kier alpha value is -3.60. The van der Waals surface area contributed by atoms with Gasteiger partial charge in [0.2, 0.25) is 5.91 Å². The number of benzene rings is 3. The standard InChI is InChI=1S/C29H34N2O3/c1-3-4-5-6-9-21(2)28(32)30-20-22-10-7-11-24(18-22)23-14-16-26(17-15-23)31-27-13-8-12-25(19-27)29(33)34/h7-8,10-19,21,31H,3-6,9,20H2,1-2H3,(H,30,32)(H,33,34). The molecular weight excluding hydrogens is 424 g/mol. The van der Waals surface area contributed by atoms with E-state index in [1.165, 1.54) is 19.3 Å². The number of anilines is 2. The molecule has 0 bridgehead atoms. The van der Waals surface area contributed by atoms with Gasteiger partial charge in [0, 0.05) is 23.8 Å². The predicted molar refractivity (Wildman–Crippen MR) is 138 cm³/mol. The number of nitrogens with one attached hydrogen (secondary N) is 2. The average molecular weight is 459 g/mol. The fourth-order valence-electron chi connectivity index (χ4n) is 3.88. The smallest absolute Gasteiger partial charge is 0.335 e. The summed E-state index contributed by atoms with van der Waals surface area (Å²) in [5, 5.41) is 15.5. The molecule has 0 heterocycles. The van der Waals surface area contributed by atoms with Gasteiger partial charge in [0.1, 0.15) is 0 Å². The van der Waals surface area contributed by atoms with Crippen molar-refractivity contribution in [3.8, 4) is 11.1 Å². The maximum atomic E-state index is 12.4. The Morgan fingerprint density at radius 1 is 0.853 bits per heavy atom. The molecule has 0 saturated carbocycles. The third kappa shape index (κ3) is 7.48. The summed E-state index contributed by atoms with van der Waals surface area (Å²) >= 11 is 0. The van der Waals surface area contributed by atoms with E-state index in [4.69, 9.17) is 5.11 Å². The molecule has 34 heavy (non-hydrogen) atoms. The Balaban J connectivity index is 1.57. The van der Waals surface area contributed by atoms with Crippen molar-refractivity contribution in [2.75, 3.05) is 5.32 Å². The van der Waals surface area contributed by atoms with Crippen molar-refractivity contribution in [2.45, 2.75) is 52.5 Å². The highest BCUT2D eigenvalue weighted by Gasteiger charge is 2.12. The summed E-state index contributed by atoms with van der Waals surface area (Å²) in [5.41, 5.74) is 5.07. The van der Waals surface area contributed by atoms with Crippen molar-refractivity contribution in [1.29, 1.82) is 0 Å². The van der Waals surface area contributed by atoms with E-state index in [-0.39, 0.29) is 17.4 Å². The minimum absolute atomic E-state index is 0.0382. The van der Waals surface area contributed by atoms with Crippen LogP contribution in [0.2, 0.25) is 0 Å². The highest BCUT2D eigenvalue weighted by molar-refractivity contribution is 5.89. The maximum absolute atomic E-state index is 12.4. The Kier molecular flexibility index (Phi) is 9.27. The summed E-state index contributed by atoms with van der Waals surface area (Å²) in [6.45, 7) is 4.72. The number of rotatable bonds is 12. The number of carbonyl (C=O) groups excluding carboxylic acids is 1. The van der Waals surface area contributed by atoms with Crippen LogP contribution in [-0.2, 0) is 11.3 Å². The van der Waals surface area contributed by atoms with Gasteiger partial charge in [-0.1, -0.05) is 75.9 Å². The van der Waals surface area contributed by atoms with Crippen molar-refractivity contribution in [1.82, 2.24) is 5.32 Å². The molecule has 3 aromatic carbocycles. The summed E-state index contributed by atoms with van der Waals surface area (Å²) in [6.07, 6.45) is 5.67.